The van der Waals surface area contributed by atoms with Crippen LogP contribution in [0, 0.1) is 5.82 Å². The molecule has 2 fully saturated rings. The number of aldehydes is 1. The fourth-order valence-corrected chi connectivity index (χ4v) is 4.25. The van der Waals surface area contributed by atoms with E-state index in [0.717, 1.165) is 30.8 Å². The third-order valence-electron chi connectivity index (χ3n) is 6.20. The summed E-state index contributed by atoms with van der Waals surface area (Å²) in [5, 5.41) is 7.80. The van der Waals surface area contributed by atoms with Crippen LogP contribution in [0.5, 0.6) is 11.5 Å². The number of hydrazone groups is 1. The smallest absolute Gasteiger partial charge is 0.260 e. The van der Waals surface area contributed by atoms with Gasteiger partial charge in [-0.25, -0.2) is 4.39 Å². The van der Waals surface area contributed by atoms with Crippen molar-refractivity contribution in [3.05, 3.63) is 59.4 Å². The van der Waals surface area contributed by atoms with E-state index < -0.39 is 6.23 Å². The predicted octanol–water partition coefficient (Wildman–Crippen LogP) is 2.97. The maximum Gasteiger partial charge on any atom is 0.260 e. The lowest BCUT2D eigenvalue weighted by Crippen LogP contribution is -2.60. The molecule has 0 radical (unpaired) electrons. The number of benzene rings is 2. The van der Waals surface area contributed by atoms with Crippen molar-refractivity contribution in [2.24, 2.45) is 5.10 Å². The van der Waals surface area contributed by atoms with Gasteiger partial charge in [-0.3, -0.25) is 9.69 Å². The molecule has 2 saturated heterocycles. The molecule has 0 saturated carbocycles. The quantitative estimate of drug-likeness (QED) is 0.568. The van der Waals surface area contributed by atoms with Crippen molar-refractivity contribution in [3.8, 4) is 11.5 Å². The van der Waals surface area contributed by atoms with E-state index in [1.54, 1.807) is 31.4 Å². The van der Waals surface area contributed by atoms with Crippen molar-refractivity contribution in [2.45, 2.75) is 38.3 Å². The van der Waals surface area contributed by atoms with Crippen molar-refractivity contribution in [1.82, 2.24) is 15.0 Å². The number of rotatable bonds is 8. The zero-order valence-electron chi connectivity index (χ0n) is 18.5. The molecule has 5 rings (SSSR count). The Labute approximate surface area is 192 Å². The number of nitrogens with zero attached hydrogens (tertiary/aromatic N) is 4. The summed E-state index contributed by atoms with van der Waals surface area (Å²) >= 11 is 0. The molecule has 3 heterocycles. The van der Waals surface area contributed by atoms with E-state index in [4.69, 9.17) is 14.2 Å². The van der Waals surface area contributed by atoms with Crippen LogP contribution >= 0.6 is 0 Å². The predicted molar refractivity (Wildman–Crippen MR) is 119 cm³/mol. The van der Waals surface area contributed by atoms with Gasteiger partial charge < -0.3 is 14.2 Å². The topological polar surface area (TPSA) is 66.8 Å². The lowest BCUT2D eigenvalue weighted by molar-refractivity contribution is -0.218. The highest BCUT2D eigenvalue weighted by atomic mass is 19.1. The second kappa shape index (κ2) is 9.36. The number of carbonyl (C=O) groups excluding carboxylic acids is 1. The number of hydrazine groups is 1. The molecular formula is C24H27FN4O4. The van der Waals surface area contributed by atoms with Gasteiger partial charge in [-0.1, -0.05) is 6.07 Å². The summed E-state index contributed by atoms with van der Waals surface area (Å²) in [6.07, 6.45) is 2.53. The Hall–Kier alpha value is -3.17. The van der Waals surface area contributed by atoms with Crippen molar-refractivity contribution >= 4 is 12.2 Å². The minimum Gasteiger partial charge on any atom is -0.497 e. The number of methoxy groups -OCH3 is 1. The Morgan fingerprint density at radius 1 is 1.12 bits per heavy atom. The first-order valence-electron chi connectivity index (χ1n) is 11.2. The number of carbonyl (C=O) groups is 1. The number of ether oxygens (including phenoxy) is 3. The van der Waals surface area contributed by atoms with E-state index in [9.17, 15) is 9.18 Å². The first-order valence-corrected chi connectivity index (χ1v) is 11.2. The average Bonchev–Trinajstić information content (AvgIpc) is 3.48. The Balaban J connectivity index is 1.26. The van der Waals surface area contributed by atoms with Crippen LogP contribution in [0.3, 0.4) is 0 Å². The van der Waals surface area contributed by atoms with Crippen LogP contribution in [0.2, 0.25) is 0 Å². The van der Waals surface area contributed by atoms with Gasteiger partial charge in [0, 0.05) is 36.7 Å². The lowest BCUT2D eigenvalue weighted by Gasteiger charge is -2.44. The van der Waals surface area contributed by atoms with E-state index in [1.165, 1.54) is 24.0 Å². The van der Waals surface area contributed by atoms with Gasteiger partial charge in [0.05, 0.1) is 7.11 Å². The van der Waals surface area contributed by atoms with E-state index in [1.807, 2.05) is 17.1 Å². The molecular weight excluding hydrogens is 427 g/mol. The van der Waals surface area contributed by atoms with Crippen LogP contribution in [-0.4, -0.2) is 66.4 Å². The SMILES string of the molecule is COc1ccc(C2=NN(N3CCC3Oc3ccc(CN4CCCC4)c(F)c3)C(C=O)O2)cc1. The number of hydrogen-bond acceptors (Lipinski definition) is 8. The Morgan fingerprint density at radius 2 is 1.88 bits per heavy atom. The van der Waals surface area contributed by atoms with Crippen LogP contribution < -0.4 is 9.47 Å². The highest BCUT2D eigenvalue weighted by Gasteiger charge is 2.42. The van der Waals surface area contributed by atoms with Gasteiger partial charge in [0.25, 0.3) is 6.23 Å². The molecule has 0 bridgehead atoms. The highest BCUT2D eigenvalue weighted by molar-refractivity contribution is 5.95. The molecule has 2 aromatic rings. The largest absolute Gasteiger partial charge is 0.497 e. The maximum absolute atomic E-state index is 14.7. The summed E-state index contributed by atoms with van der Waals surface area (Å²) in [4.78, 5) is 13.9. The fourth-order valence-electron chi connectivity index (χ4n) is 4.25. The summed E-state index contributed by atoms with van der Waals surface area (Å²) in [5.41, 5.74) is 1.41. The van der Waals surface area contributed by atoms with Gasteiger partial charge in [0.15, 0.2) is 12.5 Å². The zero-order valence-corrected chi connectivity index (χ0v) is 18.5. The normalized spacial score (nSPS) is 23.1. The molecule has 0 aromatic heterocycles. The monoisotopic (exact) mass is 454 g/mol. The van der Waals surface area contributed by atoms with Gasteiger partial charge in [-0.2, -0.15) is 10.1 Å². The summed E-state index contributed by atoms with van der Waals surface area (Å²) in [6, 6.07) is 12.3. The molecule has 3 aliphatic rings. The third kappa shape index (κ3) is 4.51. The minimum absolute atomic E-state index is 0.264. The van der Waals surface area contributed by atoms with E-state index in [2.05, 4.69) is 10.0 Å². The second-order valence-electron chi connectivity index (χ2n) is 8.36. The van der Waals surface area contributed by atoms with Crippen LogP contribution in [-0.2, 0) is 16.1 Å². The standard InChI is InChI=1S/C24H27FN4O4/c1-31-19-7-4-17(5-8-19)24-26-29(23(16-30)33-24)28-13-10-22(28)32-20-9-6-18(21(25)14-20)15-27-11-2-3-12-27/h4-9,14,16,22-23H,2-3,10-13,15H2,1H3. The van der Waals surface area contributed by atoms with E-state index in [0.29, 0.717) is 36.6 Å². The molecule has 0 aliphatic carbocycles. The summed E-state index contributed by atoms with van der Waals surface area (Å²) in [5.74, 6) is 1.25. The molecule has 0 N–H and O–H groups in total. The molecule has 174 valence electrons. The van der Waals surface area contributed by atoms with Crippen LogP contribution in [0.25, 0.3) is 0 Å². The Morgan fingerprint density at radius 3 is 2.52 bits per heavy atom. The average molecular weight is 455 g/mol. The Kier molecular flexibility index (Phi) is 6.15. The minimum atomic E-state index is -0.881. The Bertz CT molecular complexity index is 1030. The molecule has 33 heavy (non-hydrogen) atoms. The van der Waals surface area contributed by atoms with E-state index >= 15 is 0 Å². The van der Waals surface area contributed by atoms with Gasteiger partial charge in [-0.15, -0.1) is 5.10 Å². The number of halogens is 1. The van der Waals surface area contributed by atoms with Crippen LogP contribution in [0.1, 0.15) is 30.4 Å². The van der Waals surface area contributed by atoms with Crippen LogP contribution in [0.4, 0.5) is 4.39 Å². The van der Waals surface area contributed by atoms with Crippen molar-refractivity contribution in [3.63, 3.8) is 0 Å². The molecule has 0 amide bonds. The van der Waals surface area contributed by atoms with Gasteiger partial charge in [-0.05, 0) is 56.3 Å². The molecule has 2 atom stereocenters. The molecule has 0 spiro atoms. The molecule has 2 aromatic carbocycles. The van der Waals surface area contributed by atoms with Crippen molar-refractivity contribution < 1.29 is 23.4 Å². The molecule has 2 unspecified atom stereocenters. The van der Waals surface area contributed by atoms with Crippen LogP contribution in [0.15, 0.2) is 47.6 Å². The summed E-state index contributed by atoms with van der Waals surface area (Å²) < 4.78 is 31.6. The molecule has 3 aliphatic heterocycles. The summed E-state index contributed by atoms with van der Waals surface area (Å²) in [6.45, 7) is 3.30. The first kappa shape index (κ1) is 21.7. The van der Waals surface area contributed by atoms with Gasteiger partial charge in [0.1, 0.15) is 17.3 Å². The van der Waals surface area contributed by atoms with Gasteiger partial charge >= 0.3 is 0 Å². The third-order valence-corrected chi connectivity index (χ3v) is 6.20. The zero-order chi connectivity index (χ0) is 22.8. The molecule has 8 nitrogen and oxygen atoms in total. The van der Waals surface area contributed by atoms with Gasteiger partial charge in [0.2, 0.25) is 5.90 Å². The first-order chi connectivity index (χ1) is 16.1. The highest BCUT2D eigenvalue weighted by Crippen LogP contribution is 2.30. The van der Waals surface area contributed by atoms with Crippen molar-refractivity contribution in [1.29, 1.82) is 0 Å². The number of likely N-dealkylation sites (tertiary alicyclic amines) is 1. The second-order valence-corrected chi connectivity index (χ2v) is 8.36. The fraction of sp³-hybridized carbons (Fsp3) is 0.417. The summed E-state index contributed by atoms with van der Waals surface area (Å²) in [7, 11) is 1.60. The van der Waals surface area contributed by atoms with Crippen molar-refractivity contribution in [2.75, 3.05) is 26.7 Å². The maximum atomic E-state index is 14.7. The lowest BCUT2D eigenvalue weighted by atomic mass is 10.2. The molecule has 9 heteroatoms. The van der Waals surface area contributed by atoms with E-state index in [-0.39, 0.29) is 12.0 Å². The number of hydrogen-bond donors (Lipinski definition) is 0.